The zero-order valence-corrected chi connectivity index (χ0v) is 15.4. The van der Waals surface area contributed by atoms with Gasteiger partial charge in [-0.1, -0.05) is 36.4 Å². The summed E-state index contributed by atoms with van der Waals surface area (Å²) in [4.78, 5) is 40.0. The Morgan fingerprint density at radius 2 is 1.68 bits per heavy atom. The van der Waals surface area contributed by atoms with Gasteiger partial charge in [-0.3, -0.25) is 19.3 Å². The molecule has 1 fully saturated rings. The SMILES string of the molecule is O=C(CN1C(=O)c2cccc(F)c2C1=O)N1CCC(Cc2ccccc2)CC1. The first kappa shape index (κ1) is 18.3. The molecule has 2 heterocycles. The lowest BCUT2D eigenvalue weighted by Crippen LogP contribution is -2.45. The van der Waals surface area contributed by atoms with Crippen molar-refractivity contribution in [3.05, 3.63) is 71.0 Å². The van der Waals surface area contributed by atoms with Gasteiger partial charge in [-0.25, -0.2) is 4.39 Å². The van der Waals surface area contributed by atoms with E-state index in [4.69, 9.17) is 0 Å². The van der Waals surface area contributed by atoms with Crippen LogP contribution in [0.4, 0.5) is 4.39 Å². The lowest BCUT2D eigenvalue weighted by molar-refractivity contribution is -0.132. The van der Waals surface area contributed by atoms with Crippen molar-refractivity contribution in [1.29, 1.82) is 0 Å². The Labute approximate surface area is 162 Å². The molecule has 5 nitrogen and oxygen atoms in total. The highest BCUT2D eigenvalue weighted by molar-refractivity contribution is 6.22. The van der Waals surface area contributed by atoms with Crippen molar-refractivity contribution in [2.75, 3.05) is 19.6 Å². The average Bonchev–Trinajstić information content (AvgIpc) is 2.95. The minimum Gasteiger partial charge on any atom is -0.341 e. The van der Waals surface area contributed by atoms with Crippen LogP contribution in [0.15, 0.2) is 48.5 Å². The monoisotopic (exact) mass is 380 g/mol. The van der Waals surface area contributed by atoms with Crippen molar-refractivity contribution in [1.82, 2.24) is 9.80 Å². The number of nitrogens with zero attached hydrogens (tertiary/aromatic N) is 2. The molecule has 0 radical (unpaired) electrons. The molecular formula is C22H21FN2O3. The van der Waals surface area contributed by atoms with Crippen LogP contribution in [0.3, 0.4) is 0 Å². The molecule has 0 spiro atoms. The topological polar surface area (TPSA) is 57.7 Å². The zero-order chi connectivity index (χ0) is 19.7. The van der Waals surface area contributed by atoms with Crippen molar-refractivity contribution < 1.29 is 18.8 Å². The molecule has 4 rings (SSSR count). The first-order valence-electron chi connectivity index (χ1n) is 9.51. The van der Waals surface area contributed by atoms with E-state index in [0.29, 0.717) is 19.0 Å². The molecule has 0 atom stereocenters. The van der Waals surface area contributed by atoms with Crippen LogP contribution < -0.4 is 0 Å². The van der Waals surface area contributed by atoms with Gasteiger partial charge in [-0.2, -0.15) is 0 Å². The van der Waals surface area contributed by atoms with E-state index in [9.17, 15) is 18.8 Å². The van der Waals surface area contributed by atoms with Crippen molar-refractivity contribution >= 4 is 17.7 Å². The normalized spacial score (nSPS) is 17.2. The third kappa shape index (κ3) is 3.42. The lowest BCUT2D eigenvalue weighted by Gasteiger charge is -2.33. The van der Waals surface area contributed by atoms with Gasteiger partial charge in [-0.05, 0) is 42.9 Å². The standard InChI is InChI=1S/C22H21FN2O3/c23-18-8-4-7-17-20(18)22(28)25(21(17)27)14-19(26)24-11-9-16(10-12-24)13-15-5-2-1-3-6-15/h1-8,16H,9-14H2. The van der Waals surface area contributed by atoms with Crippen LogP contribution in [0, 0.1) is 11.7 Å². The molecule has 0 bridgehead atoms. The van der Waals surface area contributed by atoms with Crippen molar-refractivity contribution in [2.45, 2.75) is 19.3 Å². The maximum absolute atomic E-state index is 13.9. The van der Waals surface area contributed by atoms with E-state index in [1.165, 1.54) is 17.7 Å². The molecule has 2 aliphatic heterocycles. The van der Waals surface area contributed by atoms with Crippen LogP contribution in [0.5, 0.6) is 0 Å². The summed E-state index contributed by atoms with van der Waals surface area (Å²) in [5.41, 5.74) is 1.08. The highest BCUT2D eigenvalue weighted by Gasteiger charge is 2.39. The first-order chi connectivity index (χ1) is 13.5. The number of benzene rings is 2. The number of rotatable bonds is 4. The molecule has 0 aliphatic carbocycles. The van der Waals surface area contributed by atoms with Crippen LogP contribution in [-0.2, 0) is 11.2 Å². The highest BCUT2D eigenvalue weighted by Crippen LogP contribution is 2.26. The Balaban J connectivity index is 1.35. The number of halogens is 1. The molecule has 2 aromatic rings. The zero-order valence-electron chi connectivity index (χ0n) is 15.4. The molecule has 28 heavy (non-hydrogen) atoms. The quantitative estimate of drug-likeness (QED) is 0.767. The smallest absolute Gasteiger partial charge is 0.265 e. The third-order valence-electron chi connectivity index (χ3n) is 5.58. The van der Waals surface area contributed by atoms with E-state index < -0.39 is 17.6 Å². The van der Waals surface area contributed by atoms with E-state index in [1.807, 2.05) is 18.2 Å². The van der Waals surface area contributed by atoms with Crippen molar-refractivity contribution in [2.24, 2.45) is 5.92 Å². The minimum absolute atomic E-state index is 0.0272. The number of imide groups is 1. The molecule has 3 amide bonds. The van der Waals surface area contributed by atoms with E-state index in [1.54, 1.807) is 4.90 Å². The summed E-state index contributed by atoms with van der Waals surface area (Å²) in [5, 5.41) is 0. The van der Waals surface area contributed by atoms with Gasteiger partial charge in [0.05, 0.1) is 11.1 Å². The maximum atomic E-state index is 13.9. The van der Waals surface area contributed by atoms with Crippen LogP contribution in [0.2, 0.25) is 0 Å². The second-order valence-electron chi connectivity index (χ2n) is 7.37. The van der Waals surface area contributed by atoms with Crippen molar-refractivity contribution in [3.63, 3.8) is 0 Å². The van der Waals surface area contributed by atoms with Crippen molar-refractivity contribution in [3.8, 4) is 0 Å². The number of amides is 3. The Morgan fingerprint density at radius 1 is 0.964 bits per heavy atom. The number of carbonyl (C=O) groups excluding carboxylic acids is 3. The van der Waals surface area contributed by atoms with E-state index in [0.717, 1.165) is 30.2 Å². The van der Waals surface area contributed by atoms with Gasteiger partial charge in [-0.15, -0.1) is 0 Å². The van der Waals surface area contributed by atoms with Gasteiger partial charge in [0.2, 0.25) is 5.91 Å². The maximum Gasteiger partial charge on any atom is 0.265 e. The summed E-state index contributed by atoms with van der Waals surface area (Å²) < 4.78 is 13.9. The molecule has 0 aromatic heterocycles. The number of likely N-dealkylation sites (tertiary alicyclic amines) is 1. The first-order valence-corrected chi connectivity index (χ1v) is 9.51. The third-order valence-corrected chi connectivity index (χ3v) is 5.58. The largest absolute Gasteiger partial charge is 0.341 e. The number of hydrogen-bond donors (Lipinski definition) is 0. The summed E-state index contributed by atoms with van der Waals surface area (Å²) in [6, 6.07) is 14.2. The fraction of sp³-hybridized carbons (Fsp3) is 0.318. The second kappa shape index (κ2) is 7.54. The molecule has 0 saturated carbocycles. The molecule has 0 N–H and O–H groups in total. The second-order valence-corrected chi connectivity index (χ2v) is 7.37. The summed E-state index contributed by atoms with van der Waals surface area (Å²) in [7, 11) is 0. The molecule has 144 valence electrons. The average molecular weight is 380 g/mol. The van der Waals surface area contributed by atoms with E-state index in [2.05, 4.69) is 12.1 Å². The van der Waals surface area contributed by atoms with Crippen LogP contribution >= 0.6 is 0 Å². The molecule has 1 saturated heterocycles. The minimum atomic E-state index is -0.731. The summed E-state index contributed by atoms with van der Waals surface area (Å²) in [6.45, 7) is 0.872. The number of fused-ring (bicyclic) bond motifs is 1. The fourth-order valence-electron chi connectivity index (χ4n) is 4.01. The Morgan fingerprint density at radius 3 is 2.36 bits per heavy atom. The van der Waals surface area contributed by atoms with E-state index >= 15 is 0 Å². The van der Waals surface area contributed by atoms with Gasteiger partial charge in [0.1, 0.15) is 12.4 Å². The van der Waals surface area contributed by atoms with Gasteiger partial charge in [0, 0.05) is 13.1 Å². The molecule has 2 aromatic carbocycles. The molecule has 0 unspecified atom stereocenters. The molecule has 6 heteroatoms. The Kier molecular flexibility index (Phi) is 4.94. The molecular weight excluding hydrogens is 359 g/mol. The van der Waals surface area contributed by atoms with Gasteiger partial charge >= 0.3 is 0 Å². The van der Waals surface area contributed by atoms with E-state index in [-0.39, 0.29) is 23.6 Å². The Hall–Kier alpha value is -3.02. The molecule has 2 aliphatic rings. The summed E-state index contributed by atoms with van der Waals surface area (Å²) in [6.07, 6.45) is 2.76. The Bertz CT molecular complexity index is 921. The number of hydrogen-bond acceptors (Lipinski definition) is 3. The number of carbonyl (C=O) groups is 3. The van der Waals surface area contributed by atoms with Crippen LogP contribution in [0.25, 0.3) is 0 Å². The van der Waals surface area contributed by atoms with Gasteiger partial charge < -0.3 is 4.90 Å². The highest BCUT2D eigenvalue weighted by atomic mass is 19.1. The fourth-order valence-corrected chi connectivity index (χ4v) is 4.01. The number of piperidine rings is 1. The predicted octanol–water partition coefficient (Wildman–Crippen LogP) is 2.90. The van der Waals surface area contributed by atoms with Gasteiger partial charge in [0.15, 0.2) is 0 Å². The van der Waals surface area contributed by atoms with Crippen LogP contribution in [0.1, 0.15) is 39.1 Å². The summed E-state index contributed by atoms with van der Waals surface area (Å²) >= 11 is 0. The lowest BCUT2D eigenvalue weighted by atomic mass is 9.90. The van der Waals surface area contributed by atoms with Gasteiger partial charge in [0.25, 0.3) is 11.8 Å². The summed E-state index contributed by atoms with van der Waals surface area (Å²) in [5.74, 6) is -1.82. The van der Waals surface area contributed by atoms with Crippen LogP contribution in [-0.4, -0.2) is 47.2 Å². The predicted molar refractivity (Wildman–Crippen MR) is 101 cm³/mol.